The summed E-state index contributed by atoms with van der Waals surface area (Å²) >= 11 is 3.53. The Balaban J connectivity index is 1.80. The third kappa shape index (κ3) is 4.48. The van der Waals surface area contributed by atoms with Crippen molar-refractivity contribution < 1.29 is 0 Å². The number of aryl methyl sites for hydroxylation is 1. The number of rotatable bonds is 5. The van der Waals surface area contributed by atoms with Crippen LogP contribution in [0.15, 0.2) is 59.1 Å². The standard InChI is InChI=1S/C19H20BrN5/c1-13-12-18(22-14-8-10-15(11-9-14)25(2)3)24-19(21-13)23-17-7-5-4-6-16(17)20/h4-12H,1-3H3,(H2,21,22,23,24). The van der Waals surface area contributed by atoms with Crippen molar-refractivity contribution in [2.45, 2.75) is 6.92 Å². The fraction of sp³-hybridized carbons (Fsp3) is 0.158. The summed E-state index contributed by atoms with van der Waals surface area (Å²) in [7, 11) is 4.05. The SMILES string of the molecule is Cc1cc(Nc2ccc(N(C)C)cc2)nc(Nc2ccccc2Br)n1. The topological polar surface area (TPSA) is 53.1 Å². The number of nitrogens with one attached hydrogen (secondary N) is 2. The van der Waals surface area contributed by atoms with Gasteiger partial charge in [-0.2, -0.15) is 4.98 Å². The third-order valence-electron chi connectivity index (χ3n) is 3.63. The minimum atomic E-state index is 0.555. The zero-order valence-corrected chi connectivity index (χ0v) is 16.0. The van der Waals surface area contributed by atoms with Gasteiger partial charge in [-0.05, 0) is 59.3 Å². The van der Waals surface area contributed by atoms with Crippen LogP contribution in [-0.2, 0) is 0 Å². The molecule has 25 heavy (non-hydrogen) atoms. The number of hydrogen-bond donors (Lipinski definition) is 2. The number of para-hydroxylation sites is 1. The normalized spacial score (nSPS) is 10.4. The molecule has 0 aliphatic rings. The van der Waals surface area contributed by atoms with Gasteiger partial charge in [0.2, 0.25) is 5.95 Å². The van der Waals surface area contributed by atoms with E-state index in [4.69, 9.17) is 0 Å². The van der Waals surface area contributed by atoms with Gasteiger partial charge in [-0.15, -0.1) is 0 Å². The molecule has 0 radical (unpaired) electrons. The second kappa shape index (κ2) is 7.53. The molecular formula is C19H20BrN5. The van der Waals surface area contributed by atoms with Crippen molar-refractivity contribution in [1.82, 2.24) is 9.97 Å². The number of benzene rings is 2. The Hall–Kier alpha value is -2.60. The molecule has 0 spiro atoms. The highest BCUT2D eigenvalue weighted by molar-refractivity contribution is 9.10. The lowest BCUT2D eigenvalue weighted by molar-refractivity contribution is 1.11. The van der Waals surface area contributed by atoms with Crippen LogP contribution >= 0.6 is 15.9 Å². The van der Waals surface area contributed by atoms with Crippen LogP contribution in [0.2, 0.25) is 0 Å². The van der Waals surface area contributed by atoms with Crippen molar-refractivity contribution in [3.63, 3.8) is 0 Å². The Morgan fingerprint density at radius 1 is 0.920 bits per heavy atom. The van der Waals surface area contributed by atoms with E-state index in [0.717, 1.165) is 33.0 Å². The van der Waals surface area contributed by atoms with Crippen LogP contribution in [0.1, 0.15) is 5.69 Å². The minimum absolute atomic E-state index is 0.555. The fourth-order valence-corrected chi connectivity index (χ4v) is 2.75. The molecule has 1 aromatic heterocycles. The Labute approximate surface area is 156 Å². The van der Waals surface area contributed by atoms with E-state index in [9.17, 15) is 0 Å². The van der Waals surface area contributed by atoms with Gasteiger partial charge < -0.3 is 15.5 Å². The molecule has 0 saturated carbocycles. The Morgan fingerprint density at radius 2 is 1.64 bits per heavy atom. The molecule has 3 aromatic rings. The van der Waals surface area contributed by atoms with Gasteiger partial charge in [0.25, 0.3) is 0 Å². The highest BCUT2D eigenvalue weighted by Crippen LogP contribution is 2.25. The van der Waals surface area contributed by atoms with Crippen LogP contribution in [0, 0.1) is 6.92 Å². The molecule has 2 N–H and O–H groups in total. The number of hydrogen-bond acceptors (Lipinski definition) is 5. The van der Waals surface area contributed by atoms with E-state index in [1.165, 1.54) is 0 Å². The Bertz CT molecular complexity index is 862. The monoisotopic (exact) mass is 397 g/mol. The predicted molar refractivity (Wildman–Crippen MR) is 108 cm³/mol. The molecule has 0 amide bonds. The largest absolute Gasteiger partial charge is 0.378 e. The van der Waals surface area contributed by atoms with Gasteiger partial charge in [-0.1, -0.05) is 12.1 Å². The van der Waals surface area contributed by atoms with Crippen molar-refractivity contribution in [2.75, 3.05) is 29.6 Å². The molecule has 5 nitrogen and oxygen atoms in total. The maximum absolute atomic E-state index is 4.56. The molecule has 2 aromatic carbocycles. The first-order valence-electron chi connectivity index (χ1n) is 7.93. The molecule has 1 heterocycles. The van der Waals surface area contributed by atoms with Crippen LogP contribution < -0.4 is 15.5 Å². The highest BCUT2D eigenvalue weighted by atomic mass is 79.9. The van der Waals surface area contributed by atoms with E-state index in [1.54, 1.807) is 0 Å². The van der Waals surface area contributed by atoms with Crippen LogP contribution in [0.5, 0.6) is 0 Å². The summed E-state index contributed by atoms with van der Waals surface area (Å²) < 4.78 is 0.967. The molecule has 0 aliphatic heterocycles. The molecule has 0 atom stereocenters. The van der Waals surface area contributed by atoms with Crippen LogP contribution in [-0.4, -0.2) is 24.1 Å². The average Bonchev–Trinajstić information content (AvgIpc) is 2.57. The van der Waals surface area contributed by atoms with E-state index in [2.05, 4.69) is 53.6 Å². The summed E-state index contributed by atoms with van der Waals surface area (Å²) in [4.78, 5) is 11.1. The lowest BCUT2D eigenvalue weighted by Crippen LogP contribution is -2.08. The summed E-state index contributed by atoms with van der Waals surface area (Å²) in [5, 5.41) is 6.58. The summed E-state index contributed by atoms with van der Waals surface area (Å²) in [5.74, 6) is 1.30. The molecule has 3 rings (SSSR count). The predicted octanol–water partition coefficient (Wildman–Crippen LogP) is 5.10. The van der Waals surface area contributed by atoms with Gasteiger partial charge in [-0.25, -0.2) is 4.98 Å². The summed E-state index contributed by atoms with van der Waals surface area (Å²) in [6.45, 7) is 1.95. The molecule has 0 unspecified atom stereocenters. The molecular weight excluding hydrogens is 378 g/mol. The number of nitrogens with zero attached hydrogens (tertiary/aromatic N) is 3. The van der Waals surface area contributed by atoms with E-state index in [1.807, 2.05) is 63.5 Å². The van der Waals surface area contributed by atoms with E-state index in [0.29, 0.717) is 5.95 Å². The summed E-state index contributed by atoms with van der Waals surface area (Å²) in [6.07, 6.45) is 0. The zero-order chi connectivity index (χ0) is 17.8. The lowest BCUT2D eigenvalue weighted by Gasteiger charge is -2.14. The first-order chi connectivity index (χ1) is 12.0. The molecule has 0 aliphatic carbocycles. The maximum Gasteiger partial charge on any atom is 0.229 e. The number of halogens is 1. The highest BCUT2D eigenvalue weighted by Gasteiger charge is 2.06. The third-order valence-corrected chi connectivity index (χ3v) is 4.32. The van der Waals surface area contributed by atoms with Gasteiger partial charge in [0.15, 0.2) is 0 Å². The van der Waals surface area contributed by atoms with E-state index in [-0.39, 0.29) is 0 Å². The van der Waals surface area contributed by atoms with Crippen molar-refractivity contribution in [1.29, 1.82) is 0 Å². The van der Waals surface area contributed by atoms with Crippen molar-refractivity contribution in [3.8, 4) is 0 Å². The first-order valence-corrected chi connectivity index (χ1v) is 8.72. The summed E-state index contributed by atoms with van der Waals surface area (Å²) in [6, 6.07) is 18.0. The van der Waals surface area contributed by atoms with Crippen LogP contribution in [0.25, 0.3) is 0 Å². The second-order valence-corrected chi connectivity index (χ2v) is 6.74. The first kappa shape index (κ1) is 17.2. The van der Waals surface area contributed by atoms with Gasteiger partial charge in [0.1, 0.15) is 5.82 Å². The maximum atomic E-state index is 4.56. The van der Waals surface area contributed by atoms with E-state index >= 15 is 0 Å². The van der Waals surface area contributed by atoms with Crippen molar-refractivity contribution in [3.05, 3.63) is 64.8 Å². The van der Waals surface area contributed by atoms with Crippen LogP contribution in [0.4, 0.5) is 28.8 Å². The summed E-state index contributed by atoms with van der Waals surface area (Å²) in [5.41, 5.74) is 3.95. The van der Waals surface area contributed by atoms with E-state index < -0.39 is 0 Å². The quantitative estimate of drug-likeness (QED) is 0.626. The van der Waals surface area contributed by atoms with Crippen molar-refractivity contribution >= 4 is 44.8 Å². The van der Waals surface area contributed by atoms with Gasteiger partial charge >= 0.3 is 0 Å². The molecule has 6 heteroatoms. The van der Waals surface area contributed by atoms with Gasteiger partial charge in [0, 0.05) is 41.7 Å². The fourth-order valence-electron chi connectivity index (χ4n) is 2.36. The van der Waals surface area contributed by atoms with Crippen LogP contribution in [0.3, 0.4) is 0 Å². The lowest BCUT2D eigenvalue weighted by atomic mass is 10.2. The Kier molecular flexibility index (Phi) is 5.19. The zero-order valence-electron chi connectivity index (χ0n) is 14.4. The molecule has 0 saturated heterocycles. The molecule has 0 fully saturated rings. The minimum Gasteiger partial charge on any atom is -0.378 e. The average molecular weight is 398 g/mol. The Morgan fingerprint density at radius 3 is 2.32 bits per heavy atom. The second-order valence-electron chi connectivity index (χ2n) is 5.89. The molecule has 128 valence electrons. The smallest absolute Gasteiger partial charge is 0.229 e. The number of aromatic nitrogens is 2. The molecule has 0 bridgehead atoms. The van der Waals surface area contributed by atoms with Crippen molar-refractivity contribution in [2.24, 2.45) is 0 Å². The number of anilines is 5. The van der Waals surface area contributed by atoms with Gasteiger partial charge in [0.05, 0.1) is 5.69 Å². The van der Waals surface area contributed by atoms with Gasteiger partial charge in [-0.3, -0.25) is 0 Å².